The van der Waals surface area contributed by atoms with Crippen LogP contribution in [0.4, 0.5) is 5.69 Å². The predicted octanol–water partition coefficient (Wildman–Crippen LogP) is 4.84. The molecule has 0 saturated carbocycles. The number of carbonyl (C=O) groups is 2. The molecular formula is C27H38ClN3O4S. The molecule has 0 aliphatic carbocycles. The van der Waals surface area contributed by atoms with E-state index in [1.54, 1.807) is 30.0 Å². The number of benzene rings is 2. The number of aryl methyl sites for hydroxylation is 1. The Bertz CT molecular complexity index is 1140. The van der Waals surface area contributed by atoms with Crippen molar-refractivity contribution < 1.29 is 18.0 Å². The van der Waals surface area contributed by atoms with Crippen molar-refractivity contribution in [2.45, 2.75) is 66.0 Å². The highest BCUT2D eigenvalue weighted by Gasteiger charge is 2.29. The molecule has 198 valence electrons. The first-order valence-electron chi connectivity index (χ1n) is 12.3. The zero-order valence-corrected chi connectivity index (χ0v) is 23.5. The molecule has 2 amide bonds. The third-order valence-corrected chi connectivity index (χ3v) is 7.66. The highest BCUT2D eigenvalue weighted by Crippen LogP contribution is 2.28. The molecule has 0 aromatic heterocycles. The molecule has 7 nitrogen and oxygen atoms in total. The first-order chi connectivity index (χ1) is 17.0. The predicted molar refractivity (Wildman–Crippen MR) is 147 cm³/mol. The van der Waals surface area contributed by atoms with Gasteiger partial charge < -0.3 is 10.2 Å². The normalized spacial score (nSPS) is 12.2. The number of anilines is 1. The maximum atomic E-state index is 13.4. The lowest BCUT2D eigenvalue weighted by molar-refractivity contribution is -0.141. The summed E-state index contributed by atoms with van der Waals surface area (Å²) >= 11 is 6.22. The first kappa shape index (κ1) is 29.6. The number of nitrogens with zero attached hydrogens (tertiary/aromatic N) is 2. The van der Waals surface area contributed by atoms with E-state index < -0.39 is 16.1 Å². The van der Waals surface area contributed by atoms with Crippen molar-refractivity contribution in [1.29, 1.82) is 0 Å². The van der Waals surface area contributed by atoms with E-state index in [2.05, 4.69) is 5.32 Å². The van der Waals surface area contributed by atoms with E-state index in [0.717, 1.165) is 23.8 Å². The maximum Gasteiger partial charge on any atom is 0.242 e. The molecule has 0 fully saturated rings. The lowest BCUT2D eigenvalue weighted by Crippen LogP contribution is -2.49. The molecule has 2 aromatic rings. The molecule has 0 radical (unpaired) electrons. The fourth-order valence-electron chi connectivity index (χ4n) is 4.02. The average Bonchev–Trinajstić information content (AvgIpc) is 2.82. The molecule has 0 bridgehead atoms. The van der Waals surface area contributed by atoms with Gasteiger partial charge in [0.1, 0.15) is 6.04 Å². The Morgan fingerprint density at radius 3 is 2.31 bits per heavy atom. The van der Waals surface area contributed by atoms with Gasteiger partial charge in [-0.3, -0.25) is 13.9 Å². The largest absolute Gasteiger partial charge is 0.354 e. The van der Waals surface area contributed by atoms with Crippen molar-refractivity contribution in [1.82, 2.24) is 10.2 Å². The minimum Gasteiger partial charge on any atom is -0.354 e. The summed E-state index contributed by atoms with van der Waals surface area (Å²) in [7, 11) is -3.59. The fourth-order valence-corrected chi connectivity index (χ4v) is 5.21. The van der Waals surface area contributed by atoms with E-state index in [4.69, 9.17) is 11.6 Å². The summed E-state index contributed by atoms with van der Waals surface area (Å²) < 4.78 is 26.4. The lowest BCUT2D eigenvalue weighted by atomic mass is 10.1. The monoisotopic (exact) mass is 535 g/mol. The van der Waals surface area contributed by atoms with Crippen LogP contribution in [0.1, 0.15) is 56.2 Å². The quantitative estimate of drug-likeness (QED) is 0.398. The lowest BCUT2D eigenvalue weighted by Gasteiger charge is -2.31. The van der Waals surface area contributed by atoms with Crippen LogP contribution >= 0.6 is 11.6 Å². The molecule has 0 unspecified atom stereocenters. The summed E-state index contributed by atoms with van der Waals surface area (Å²) in [5, 5.41) is 3.39. The topological polar surface area (TPSA) is 86.8 Å². The second-order valence-corrected chi connectivity index (χ2v) is 11.4. The van der Waals surface area contributed by atoms with Gasteiger partial charge in [-0.2, -0.15) is 0 Å². The Kier molecular flexibility index (Phi) is 11.2. The van der Waals surface area contributed by atoms with Gasteiger partial charge in [0.25, 0.3) is 0 Å². The van der Waals surface area contributed by atoms with Crippen LogP contribution in [-0.2, 0) is 26.2 Å². The number of amides is 2. The van der Waals surface area contributed by atoms with E-state index >= 15 is 0 Å². The standard InChI is InChI=1S/C27H38ClN3O4S/c1-6-17-29-27(33)24(7-2)30(19-22-15-13-20(3)14-16-22)26(32)12-9-18-31(36(5,34)35)25-11-8-10-23(28)21(25)4/h8,10-11,13-16,24H,6-7,9,12,17-19H2,1-5H3,(H,29,33)/t24-/m1/s1. The van der Waals surface area contributed by atoms with Crippen molar-refractivity contribution in [3.05, 3.63) is 64.2 Å². The molecule has 0 aliphatic heterocycles. The molecule has 0 aliphatic rings. The van der Waals surface area contributed by atoms with Crippen molar-refractivity contribution in [3.8, 4) is 0 Å². The number of carbonyl (C=O) groups excluding carboxylic acids is 2. The van der Waals surface area contributed by atoms with Crippen LogP contribution < -0.4 is 9.62 Å². The van der Waals surface area contributed by atoms with Crippen molar-refractivity contribution in [2.24, 2.45) is 0 Å². The molecule has 0 heterocycles. The Balaban J connectivity index is 2.23. The Hall–Kier alpha value is -2.58. The molecule has 2 rings (SSSR count). The van der Waals surface area contributed by atoms with Gasteiger partial charge in [0.2, 0.25) is 21.8 Å². The minimum atomic E-state index is -3.59. The molecule has 9 heteroatoms. The summed E-state index contributed by atoms with van der Waals surface area (Å²) in [6.07, 6.45) is 2.83. The average molecular weight is 536 g/mol. The number of hydrogen-bond donors (Lipinski definition) is 1. The third kappa shape index (κ3) is 8.23. The van der Waals surface area contributed by atoms with Crippen LogP contribution in [0.3, 0.4) is 0 Å². The smallest absolute Gasteiger partial charge is 0.242 e. The SMILES string of the molecule is CCCNC(=O)[C@@H](CC)N(Cc1ccc(C)cc1)C(=O)CCCN(c1cccc(Cl)c1C)S(C)(=O)=O. The van der Waals surface area contributed by atoms with E-state index in [0.29, 0.717) is 42.2 Å². The number of rotatable bonds is 13. The molecule has 36 heavy (non-hydrogen) atoms. The second-order valence-electron chi connectivity index (χ2n) is 9.04. The molecule has 2 aromatic carbocycles. The highest BCUT2D eigenvalue weighted by molar-refractivity contribution is 7.92. The highest BCUT2D eigenvalue weighted by atomic mass is 35.5. The van der Waals surface area contributed by atoms with Crippen LogP contribution in [0.15, 0.2) is 42.5 Å². The van der Waals surface area contributed by atoms with Gasteiger partial charge in [-0.25, -0.2) is 8.42 Å². The van der Waals surface area contributed by atoms with Crippen LogP contribution in [0, 0.1) is 13.8 Å². The molecule has 1 atom stereocenters. The zero-order valence-electron chi connectivity index (χ0n) is 21.9. The minimum absolute atomic E-state index is 0.106. The zero-order chi connectivity index (χ0) is 26.9. The summed E-state index contributed by atoms with van der Waals surface area (Å²) in [6.45, 7) is 8.61. The molecular weight excluding hydrogens is 498 g/mol. The Morgan fingerprint density at radius 2 is 1.72 bits per heavy atom. The summed E-state index contributed by atoms with van der Waals surface area (Å²) in [6, 6.07) is 12.4. The number of halogens is 1. The van der Waals surface area contributed by atoms with E-state index in [1.165, 1.54) is 4.31 Å². The number of sulfonamides is 1. The number of hydrogen-bond acceptors (Lipinski definition) is 4. The van der Waals surface area contributed by atoms with Gasteiger partial charge in [-0.05, 0) is 56.4 Å². The van der Waals surface area contributed by atoms with Gasteiger partial charge in [0, 0.05) is 31.1 Å². The van der Waals surface area contributed by atoms with Gasteiger partial charge in [-0.15, -0.1) is 0 Å². The summed E-state index contributed by atoms with van der Waals surface area (Å²) in [5.41, 5.74) is 3.21. The van der Waals surface area contributed by atoms with E-state index in [1.807, 2.05) is 45.0 Å². The van der Waals surface area contributed by atoms with E-state index in [9.17, 15) is 18.0 Å². The van der Waals surface area contributed by atoms with Crippen LogP contribution in [0.25, 0.3) is 0 Å². The van der Waals surface area contributed by atoms with Crippen LogP contribution in [-0.4, -0.2) is 50.5 Å². The number of nitrogens with one attached hydrogen (secondary N) is 1. The van der Waals surface area contributed by atoms with Gasteiger partial charge in [0.15, 0.2) is 0 Å². The van der Waals surface area contributed by atoms with Crippen molar-refractivity contribution >= 4 is 39.1 Å². The van der Waals surface area contributed by atoms with Gasteiger partial charge in [-0.1, -0.05) is 61.3 Å². The Morgan fingerprint density at radius 1 is 1.06 bits per heavy atom. The third-order valence-electron chi connectivity index (χ3n) is 6.07. The summed E-state index contributed by atoms with van der Waals surface area (Å²) in [4.78, 5) is 27.9. The van der Waals surface area contributed by atoms with Gasteiger partial charge in [0.05, 0.1) is 11.9 Å². The fraction of sp³-hybridized carbons (Fsp3) is 0.481. The summed E-state index contributed by atoms with van der Waals surface area (Å²) in [5.74, 6) is -0.363. The van der Waals surface area contributed by atoms with Crippen molar-refractivity contribution in [3.63, 3.8) is 0 Å². The molecule has 1 N–H and O–H groups in total. The molecule has 0 spiro atoms. The maximum absolute atomic E-state index is 13.4. The van der Waals surface area contributed by atoms with E-state index in [-0.39, 0.29) is 24.8 Å². The first-order valence-corrected chi connectivity index (χ1v) is 14.6. The van der Waals surface area contributed by atoms with Crippen LogP contribution in [0.2, 0.25) is 5.02 Å². The second kappa shape index (κ2) is 13.7. The van der Waals surface area contributed by atoms with Crippen LogP contribution in [0.5, 0.6) is 0 Å². The Labute approximate surface area is 220 Å². The van der Waals surface area contributed by atoms with Gasteiger partial charge >= 0.3 is 0 Å². The molecule has 0 saturated heterocycles. The van der Waals surface area contributed by atoms with Crippen molar-refractivity contribution in [2.75, 3.05) is 23.7 Å².